The number of nitrogens with one attached hydrogen (secondary N) is 1. The van der Waals surface area contributed by atoms with Crippen LogP contribution in [0.2, 0.25) is 18.1 Å². The average molecular weight is 484 g/mol. The number of carbonyl (C=O) groups is 1. The van der Waals surface area contributed by atoms with Gasteiger partial charge in [-0.25, -0.2) is 15.0 Å². The maximum absolute atomic E-state index is 12.6. The standard InChI is InChI=1S/C23H29N5O3SSi/c1-23(2,3)33(4,5)31-16-11-18(30-17(16)12-32)28-14-26-19-20(24-13-25-21(19)28)27-22(29)15-9-7-6-8-10-15/h6-10,12-14,16-18H,11H2,1-5H3,(H,24,25,27,29)/t16-,17+,18+/m0/s1. The zero-order chi connectivity index (χ0) is 23.8. The van der Waals surface area contributed by atoms with Crippen LogP contribution in [0, 0.1) is 0 Å². The molecule has 3 atom stereocenters. The van der Waals surface area contributed by atoms with Gasteiger partial charge in [0, 0.05) is 17.4 Å². The number of ether oxygens (including phenoxy) is 1. The normalized spacial score (nSPS) is 21.3. The molecule has 2 aromatic heterocycles. The fourth-order valence-corrected chi connectivity index (χ4v) is 5.13. The third-order valence-corrected chi connectivity index (χ3v) is 11.2. The maximum atomic E-state index is 12.6. The summed E-state index contributed by atoms with van der Waals surface area (Å²) >= 11 is 5.25. The molecule has 3 heterocycles. The van der Waals surface area contributed by atoms with Crippen molar-refractivity contribution in [2.75, 3.05) is 5.32 Å². The average Bonchev–Trinajstić information content (AvgIpc) is 3.37. The van der Waals surface area contributed by atoms with Crippen molar-refractivity contribution in [3.8, 4) is 0 Å². The lowest BCUT2D eigenvalue weighted by Gasteiger charge is -2.38. The van der Waals surface area contributed by atoms with Crippen molar-refractivity contribution in [1.82, 2.24) is 19.5 Å². The summed E-state index contributed by atoms with van der Waals surface area (Å²) in [5.41, 5.74) is 1.62. The molecule has 0 spiro atoms. The Balaban J connectivity index is 1.57. The van der Waals surface area contributed by atoms with Gasteiger partial charge in [-0.05, 0) is 30.3 Å². The smallest absolute Gasteiger partial charge is 0.256 e. The molecule has 10 heteroatoms. The SMILES string of the molecule is CC(C)(C)[Si](C)(C)O[C@H]1C[C@H](n2cnc3c(NC(=O)c4ccccc4)ncnc32)O[C@@H]1C=S. The first-order valence-electron chi connectivity index (χ1n) is 10.9. The summed E-state index contributed by atoms with van der Waals surface area (Å²) in [6.45, 7) is 11.1. The van der Waals surface area contributed by atoms with E-state index in [2.05, 4.69) is 54.1 Å². The highest BCUT2D eigenvalue weighted by atomic mass is 32.1. The first-order valence-corrected chi connectivity index (χ1v) is 14.3. The van der Waals surface area contributed by atoms with E-state index < -0.39 is 8.32 Å². The van der Waals surface area contributed by atoms with Gasteiger partial charge in [0.05, 0.1) is 12.4 Å². The summed E-state index contributed by atoms with van der Waals surface area (Å²) < 4.78 is 14.7. The molecule has 0 saturated carbocycles. The topological polar surface area (TPSA) is 91.2 Å². The number of benzene rings is 1. The van der Waals surface area contributed by atoms with Gasteiger partial charge in [-0.1, -0.05) is 51.2 Å². The van der Waals surface area contributed by atoms with Gasteiger partial charge < -0.3 is 14.5 Å². The number of hydrogen-bond donors (Lipinski definition) is 1. The van der Waals surface area contributed by atoms with Gasteiger partial charge in [0.25, 0.3) is 5.91 Å². The van der Waals surface area contributed by atoms with E-state index in [1.807, 2.05) is 22.8 Å². The minimum atomic E-state index is -2.00. The van der Waals surface area contributed by atoms with E-state index >= 15 is 0 Å². The van der Waals surface area contributed by atoms with Crippen molar-refractivity contribution < 1.29 is 14.0 Å². The van der Waals surface area contributed by atoms with Gasteiger partial charge in [-0.3, -0.25) is 9.36 Å². The predicted molar refractivity (Wildman–Crippen MR) is 134 cm³/mol. The van der Waals surface area contributed by atoms with E-state index in [1.165, 1.54) is 6.33 Å². The van der Waals surface area contributed by atoms with Crippen LogP contribution in [-0.2, 0) is 9.16 Å². The molecule has 0 bridgehead atoms. The number of hydrogen-bond acceptors (Lipinski definition) is 7. The van der Waals surface area contributed by atoms with Crippen LogP contribution in [0.1, 0.15) is 43.8 Å². The Morgan fingerprint density at radius 2 is 1.97 bits per heavy atom. The van der Waals surface area contributed by atoms with Gasteiger partial charge in [0.2, 0.25) is 0 Å². The molecule has 1 aliphatic heterocycles. The molecule has 1 aromatic carbocycles. The van der Waals surface area contributed by atoms with Crippen LogP contribution in [0.3, 0.4) is 0 Å². The van der Waals surface area contributed by atoms with Crippen LogP contribution in [0.5, 0.6) is 0 Å². The van der Waals surface area contributed by atoms with Crippen molar-refractivity contribution in [2.45, 2.75) is 63.8 Å². The Kier molecular flexibility index (Phi) is 6.45. The zero-order valence-electron chi connectivity index (χ0n) is 19.5. The van der Waals surface area contributed by atoms with Crippen molar-refractivity contribution in [3.63, 3.8) is 0 Å². The van der Waals surface area contributed by atoms with Gasteiger partial charge in [-0.15, -0.1) is 0 Å². The summed E-state index contributed by atoms with van der Waals surface area (Å²) in [6.07, 6.45) is 2.95. The van der Waals surface area contributed by atoms with Gasteiger partial charge in [0.15, 0.2) is 25.3 Å². The molecule has 174 valence electrons. The molecule has 4 rings (SSSR count). The Hall–Kier alpha value is -2.53. The zero-order valence-corrected chi connectivity index (χ0v) is 21.3. The molecule has 3 aromatic rings. The third kappa shape index (κ3) is 4.74. The van der Waals surface area contributed by atoms with Crippen LogP contribution in [0.4, 0.5) is 5.82 Å². The van der Waals surface area contributed by atoms with Gasteiger partial charge in [0.1, 0.15) is 18.7 Å². The number of thiocarbonyl (C=S) groups is 1. The van der Waals surface area contributed by atoms with Crippen LogP contribution in [0.15, 0.2) is 43.0 Å². The number of imidazole rings is 1. The summed E-state index contributed by atoms with van der Waals surface area (Å²) in [7, 11) is -2.00. The van der Waals surface area contributed by atoms with Crippen LogP contribution in [0.25, 0.3) is 11.2 Å². The van der Waals surface area contributed by atoms with Crippen molar-refractivity contribution in [1.29, 1.82) is 0 Å². The second-order valence-electron chi connectivity index (χ2n) is 9.71. The molecular formula is C23H29N5O3SSi. The molecule has 1 N–H and O–H groups in total. The molecule has 0 aliphatic carbocycles. The second-order valence-corrected chi connectivity index (χ2v) is 14.7. The molecule has 1 amide bonds. The van der Waals surface area contributed by atoms with Crippen molar-refractivity contribution >= 4 is 48.8 Å². The quantitative estimate of drug-likeness (QED) is 0.399. The van der Waals surface area contributed by atoms with E-state index in [0.717, 1.165) is 0 Å². The fourth-order valence-electron chi connectivity index (χ4n) is 3.55. The number of fused-ring (bicyclic) bond motifs is 1. The summed E-state index contributed by atoms with van der Waals surface area (Å²) in [5, 5.41) is 4.55. The van der Waals surface area contributed by atoms with Crippen LogP contribution in [-0.4, -0.2) is 51.3 Å². The number of nitrogens with zero attached hydrogens (tertiary/aromatic N) is 4. The largest absolute Gasteiger partial charge is 0.411 e. The second kappa shape index (κ2) is 9.01. The number of rotatable bonds is 6. The van der Waals surface area contributed by atoms with E-state index in [-0.39, 0.29) is 29.4 Å². The predicted octanol–water partition coefficient (Wildman–Crippen LogP) is 4.76. The highest BCUT2D eigenvalue weighted by Gasteiger charge is 2.44. The lowest BCUT2D eigenvalue weighted by atomic mass is 10.2. The molecule has 1 saturated heterocycles. The maximum Gasteiger partial charge on any atom is 0.256 e. The van der Waals surface area contributed by atoms with Crippen LogP contribution < -0.4 is 5.32 Å². The molecule has 0 unspecified atom stereocenters. The molecule has 1 aliphatic rings. The first kappa shape index (κ1) is 23.6. The minimum absolute atomic E-state index is 0.0812. The van der Waals surface area contributed by atoms with Crippen LogP contribution >= 0.6 is 12.2 Å². The highest BCUT2D eigenvalue weighted by Crippen LogP contribution is 2.41. The summed E-state index contributed by atoms with van der Waals surface area (Å²) in [6, 6.07) is 8.97. The fraction of sp³-hybridized carbons (Fsp3) is 0.435. The molecule has 0 radical (unpaired) electrons. The number of anilines is 1. The Labute approximate surface area is 199 Å². The molecule has 1 fully saturated rings. The Morgan fingerprint density at radius 1 is 1.24 bits per heavy atom. The Morgan fingerprint density at radius 3 is 2.64 bits per heavy atom. The lowest BCUT2D eigenvalue weighted by Crippen LogP contribution is -2.46. The van der Waals surface area contributed by atoms with Gasteiger partial charge >= 0.3 is 0 Å². The van der Waals surface area contributed by atoms with E-state index in [0.29, 0.717) is 29.0 Å². The number of amides is 1. The van der Waals surface area contributed by atoms with E-state index in [9.17, 15) is 4.79 Å². The lowest BCUT2D eigenvalue weighted by molar-refractivity contribution is 0.0240. The molecule has 8 nitrogen and oxygen atoms in total. The van der Waals surface area contributed by atoms with E-state index in [1.54, 1.807) is 23.8 Å². The molecular weight excluding hydrogens is 454 g/mol. The van der Waals surface area contributed by atoms with Gasteiger partial charge in [-0.2, -0.15) is 0 Å². The minimum Gasteiger partial charge on any atom is -0.411 e. The van der Waals surface area contributed by atoms with Crippen molar-refractivity contribution in [3.05, 3.63) is 48.5 Å². The first-order chi connectivity index (χ1) is 15.6. The molecule has 33 heavy (non-hydrogen) atoms. The van der Waals surface area contributed by atoms with Crippen molar-refractivity contribution in [2.24, 2.45) is 0 Å². The Bertz CT molecular complexity index is 1160. The highest BCUT2D eigenvalue weighted by molar-refractivity contribution is 7.79. The summed E-state index contributed by atoms with van der Waals surface area (Å²) in [5.74, 6) is 0.0944. The number of carbonyl (C=O) groups excluding carboxylic acids is 1. The monoisotopic (exact) mass is 483 g/mol. The third-order valence-electron chi connectivity index (χ3n) is 6.44. The number of aromatic nitrogens is 4. The summed E-state index contributed by atoms with van der Waals surface area (Å²) in [4.78, 5) is 25.7. The van der Waals surface area contributed by atoms with E-state index in [4.69, 9.17) is 21.4 Å².